The first-order valence-corrected chi connectivity index (χ1v) is 25.2. The van der Waals surface area contributed by atoms with Gasteiger partial charge in [-0.15, -0.1) is 0 Å². The summed E-state index contributed by atoms with van der Waals surface area (Å²) in [7, 11) is 8.50. The Kier molecular flexibility index (Phi) is 12.4. The molecular weight excluding hydrogens is 994 g/mol. The number of thiol groups is 1. The van der Waals surface area contributed by atoms with Crippen molar-refractivity contribution in [2.45, 2.75) is 0 Å². The van der Waals surface area contributed by atoms with E-state index in [1.165, 1.54) is 27.1 Å². The molecule has 353 valence electrons. The van der Waals surface area contributed by atoms with E-state index in [0.717, 1.165) is 99.8 Å². The normalized spacial score (nSPS) is 11.3. The number of fused-ring (bicyclic) bond motifs is 8. The van der Waals surface area contributed by atoms with E-state index in [0.29, 0.717) is 0 Å². The number of hydrogen-bond donors (Lipinski definition) is 1. The Morgan fingerprint density at radius 3 is 1.35 bits per heavy atom. The van der Waals surface area contributed by atoms with Gasteiger partial charge in [-0.2, -0.15) is 0 Å². The average molecular weight is 1040 g/mol. The molecule has 0 aliphatic heterocycles. The predicted octanol–water partition coefficient (Wildman–Crippen LogP) is 15.7. The third-order valence-corrected chi connectivity index (χ3v) is 14.1. The van der Waals surface area contributed by atoms with E-state index in [1.807, 2.05) is 54.9 Å². The van der Waals surface area contributed by atoms with Gasteiger partial charge in [0.1, 0.15) is 11.6 Å². The second kappa shape index (κ2) is 19.7. The Bertz CT molecular complexity index is 4410. The zero-order chi connectivity index (χ0) is 50.3. The van der Waals surface area contributed by atoms with Crippen LogP contribution in [0.15, 0.2) is 233 Å². The number of halogens is 1. The van der Waals surface area contributed by atoms with Crippen LogP contribution < -0.4 is 0 Å². The molecule has 0 saturated carbocycles. The van der Waals surface area contributed by atoms with E-state index in [4.69, 9.17) is 9.97 Å². The monoisotopic (exact) mass is 1040 g/mol. The molecule has 0 saturated heterocycles. The first kappa shape index (κ1) is 46.4. The first-order valence-electron chi connectivity index (χ1n) is 24.1. The Hall–Kier alpha value is -8.71. The molecule has 74 heavy (non-hydrogen) atoms. The number of nitrogens with zero attached hydrogens (tertiary/aromatic N) is 9. The van der Waals surface area contributed by atoms with Gasteiger partial charge in [0.05, 0.1) is 55.5 Å². The summed E-state index contributed by atoms with van der Waals surface area (Å²) in [5, 5.41) is 4.88. The van der Waals surface area contributed by atoms with Gasteiger partial charge in [-0.1, -0.05) is 119 Å². The molecule has 6 heterocycles. The van der Waals surface area contributed by atoms with Gasteiger partial charge < -0.3 is 18.3 Å². The Balaban J connectivity index is 0.000000143. The number of imidazole rings is 2. The summed E-state index contributed by atoms with van der Waals surface area (Å²) in [5.41, 5.74) is 17.4. The quantitative estimate of drug-likeness (QED) is 0.133. The summed E-state index contributed by atoms with van der Waals surface area (Å²) < 4.78 is 12.8. The van der Waals surface area contributed by atoms with Crippen LogP contribution in [-0.4, -0.2) is 45.8 Å². The van der Waals surface area contributed by atoms with E-state index in [1.54, 1.807) is 0 Å². The van der Waals surface area contributed by atoms with Crippen molar-refractivity contribution < 1.29 is 0 Å². The fourth-order valence-electron chi connectivity index (χ4n) is 10.3. The summed E-state index contributed by atoms with van der Waals surface area (Å²) in [6.45, 7) is 0. The van der Waals surface area contributed by atoms with Gasteiger partial charge in [0, 0.05) is 86.1 Å². The van der Waals surface area contributed by atoms with Gasteiger partial charge in [-0.25, -0.2) is 9.97 Å². The molecular formula is C62H44BBrN9S. The molecule has 0 aliphatic carbocycles. The molecule has 0 bridgehead atoms. The molecule has 14 rings (SSSR count). The van der Waals surface area contributed by atoms with Crippen molar-refractivity contribution >= 4 is 102 Å². The minimum absolute atomic E-state index is 0.957. The number of rotatable bonds is 6. The fraction of sp³-hybridized carbons (Fsp3) is 0.0323. The second-order valence-corrected chi connectivity index (χ2v) is 19.1. The first-order chi connectivity index (χ1) is 36.4. The number of pyridine rings is 2. The Morgan fingerprint density at radius 1 is 0.405 bits per heavy atom. The third-order valence-electron chi connectivity index (χ3n) is 13.6. The topological polar surface area (TPSA) is 83.6 Å². The summed E-state index contributed by atoms with van der Waals surface area (Å²) >= 11 is 6.87. The second-order valence-electron chi connectivity index (χ2n) is 17.9. The summed E-state index contributed by atoms with van der Waals surface area (Å²) in [6.07, 6.45) is 3.68. The van der Waals surface area contributed by atoms with Crippen molar-refractivity contribution in [1.29, 1.82) is 0 Å². The van der Waals surface area contributed by atoms with E-state index >= 15 is 0 Å². The van der Waals surface area contributed by atoms with Gasteiger partial charge in [0.2, 0.25) is 0 Å². The standard InChI is InChI=1S/C31H21BrN4.C31H22N4.BHNS/c1-35-29-11-3-2-10-27(29)34-31(35)21-12-14-24-25-19-22(32)13-15-28(25)36(30(24)18-21)23-8-6-7-20(17-23)26-9-4-5-16-33-26;1-34-29-15-5-3-13-27(29)33-31(34)22-16-17-25-24-11-2-4-14-28(24)35(30(25)20-22)23-10-8-9-21(19-23)26-12-6-7-18-32-26;1-2-3/h2-19H,1H3;2-20H,1H3;3H. The molecule has 8 aromatic carbocycles. The number of benzene rings is 8. The molecule has 12 heteroatoms. The van der Waals surface area contributed by atoms with Crippen LogP contribution in [0, 0.1) is 0 Å². The van der Waals surface area contributed by atoms with Crippen LogP contribution in [0.2, 0.25) is 0 Å². The van der Waals surface area contributed by atoms with E-state index < -0.39 is 0 Å². The van der Waals surface area contributed by atoms with Crippen molar-refractivity contribution in [2.24, 2.45) is 18.4 Å². The van der Waals surface area contributed by atoms with Crippen LogP contribution in [0.4, 0.5) is 0 Å². The van der Waals surface area contributed by atoms with Crippen molar-refractivity contribution in [3.8, 4) is 56.7 Å². The molecule has 6 aromatic heterocycles. The summed E-state index contributed by atoms with van der Waals surface area (Å²) in [5.74, 6) is 1.92. The van der Waals surface area contributed by atoms with Gasteiger partial charge in [0.25, 0.3) is 0 Å². The Morgan fingerprint density at radius 2 is 0.851 bits per heavy atom. The molecule has 0 spiro atoms. The van der Waals surface area contributed by atoms with Crippen molar-refractivity contribution in [3.05, 3.63) is 229 Å². The molecule has 0 aliphatic rings. The summed E-state index contributed by atoms with van der Waals surface area (Å²) in [4.78, 5) is 19.0. The summed E-state index contributed by atoms with van der Waals surface area (Å²) in [6, 6.07) is 74.2. The van der Waals surface area contributed by atoms with E-state index in [-0.39, 0.29) is 0 Å². The van der Waals surface area contributed by atoms with Crippen LogP contribution in [0.3, 0.4) is 0 Å². The molecule has 0 atom stereocenters. The van der Waals surface area contributed by atoms with Crippen LogP contribution >= 0.6 is 28.7 Å². The predicted molar refractivity (Wildman–Crippen MR) is 312 cm³/mol. The molecule has 0 N–H and O–H groups in total. The van der Waals surface area contributed by atoms with Gasteiger partial charge >= 0.3 is 24.8 Å². The van der Waals surface area contributed by atoms with Crippen LogP contribution in [0.5, 0.6) is 0 Å². The minimum atomic E-state index is 0.957. The Labute approximate surface area is 441 Å². The van der Waals surface area contributed by atoms with Crippen LogP contribution in [-0.2, 0) is 14.1 Å². The molecule has 0 amide bonds. The number of aryl methyl sites for hydroxylation is 2. The third kappa shape index (κ3) is 8.37. The molecule has 9 nitrogen and oxygen atoms in total. The van der Waals surface area contributed by atoms with Gasteiger partial charge in [0.15, 0.2) is 0 Å². The van der Waals surface area contributed by atoms with Crippen molar-refractivity contribution in [1.82, 2.24) is 38.2 Å². The van der Waals surface area contributed by atoms with E-state index in [9.17, 15) is 0 Å². The maximum absolute atomic E-state index is 4.95. The molecule has 0 fully saturated rings. The van der Waals surface area contributed by atoms with Gasteiger partial charge in [-0.3, -0.25) is 9.97 Å². The number of aromatic nitrogens is 8. The fourth-order valence-corrected chi connectivity index (χ4v) is 10.6. The van der Waals surface area contributed by atoms with Crippen molar-refractivity contribution in [2.75, 3.05) is 0 Å². The molecule has 14 aromatic rings. The molecule has 1 radical (unpaired) electrons. The van der Waals surface area contributed by atoms with Crippen molar-refractivity contribution in [3.63, 3.8) is 0 Å². The zero-order valence-electron chi connectivity index (χ0n) is 40.3. The maximum atomic E-state index is 4.95. The van der Waals surface area contributed by atoms with Crippen LogP contribution in [0.1, 0.15) is 0 Å². The average Bonchev–Trinajstić information content (AvgIpc) is 4.18. The molecule has 0 unspecified atom stereocenters. The number of hydrogen-bond acceptors (Lipinski definition) is 6. The van der Waals surface area contributed by atoms with Crippen LogP contribution in [0.25, 0.3) is 122 Å². The van der Waals surface area contributed by atoms with E-state index in [2.05, 4.69) is 253 Å². The number of para-hydroxylation sites is 5. The SMILES string of the molecule is Cn1c(-c2ccc3c4cc(Br)ccc4n(-c4cccc(-c5ccccn5)c4)c3c2)nc2ccccc21.Cn1c(-c2ccc3c4ccccc4n(-c4cccc(-c5ccccn5)c4)c3c2)nc2ccccc21.[B]=NS. The van der Waals surface area contributed by atoms with Gasteiger partial charge in [-0.05, 0) is 109 Å². The zero-order valence-corrected chi connectivity index (χ0v) is 42.8.